The molecule has 1 aromatic heterocycles. The third-order valence-corrected chi connectivity index (χ3v) is 9.75. The summed E-state index contributed by atoms with van der Waals surface area (Å²) in [4.78, 5) is 9.03. The Hall–Kier alpha value is -1.66. The largest absolute Gasteiger partial charge is 0.390 e. The van der Waals surface area contributed by atoms with Gasteiger partial charge in [0.1, 0.15) is 0 Å². The van der Waals surface area contributed by atoms with Crippen LogP contribution in [0.3, 0.4) is 0 Å². The van der Waals surface area contributed by atoms with Gasteiger partial charge in [-0.1, -0.05) is 18.9 Å². The average molecular weight is 564 g/mol. The highest BCUT2D eigenvalue weighted by Gasteiger charge is 2.28. The van der Waals surface area contributed by atoms with E-state index in [1.165, 1.54) is 25.7 Å². The summed E-state index contributed by atoms with van der Waals surface area (Å²) in [6.45, 7) is 10.4. The van der Waals surface area contributed by atoms with Gasteiger partial charge in [-0.3, -0.25) is 14.8 Å². The maximum absolute atomic E-state index is 12.7. The van der Waals surface area contributed by atoms with Crippen LogP contribution in [0.5, 0.6) is 0 Å². The molecular formula is C29H49N5O4S. The third-order valence-electron chi connectivity index (χ3n) is 8.27. The van der Waals surface area contributed by atoms with Crippen molar-refractivity contribution in [2.24, 2.45) is 5.73 Å². The van der Waals surface area contributed by atoms with E-state index >= 15 is 0 Å². The molecule has 0 saturated carbocycles. The predicted molar refractivity (Wildman–Crippen MR) is 157 cm³/mol. The fraction of sp³-hybridized carbons (Fsp3) is 0.690. The normalized spacial score (nSPS) is 26.5. The van der Waals surface area contributed by atoms with Crippen molar-refractivity contribution >= 4 is 20.9 Å². The van der Waals surface area contributed by atoms with Crippen molar-refractivity contribution in [3.8, 4) is 0 Å². The van der Waals surface area contributed by atoms with Crippen LogP contribution in [0.1, 0.15) is 66.2 Å². The molecule has 5 N–H and O–H groups in total. The maximum Gasteiger partial charge on any atom is 0.241 e. The van der Waals surface area contributed by atoms with E-state index in [9.17, 15) is 18.6 Å². The SMILES string of the molecule is C[C@@H]1CCC[C@H](C)N1C[C@@H](O)CN.C[C@@H]1CCC[C@H](C)N1C[C@@H](O)CNS(=O)(=O)c1cccc2ncccc12. The summed E-state index contributed by atoms with van der Waals surface area (Å²) >= 11 is 0. The van der Waals surface area contributed by atoms with Gasteiger partial charge in [-0.2, -0.15) is 0 Å². The summed E-state index contributed by atoms with van der Waals surface area (Å²) in [5.74, 6) is 0. The lowest BCUT2D eigenvalue weighted by atomic mass is 9.97. The number of aromatic nitrogens is 1. The number of sulfonamides is 1. The molecule has 220 valence electrons. The highest BCUT2D eigenvalue weighted by molar-refractivity contribution is 7.89. The number of fused-ring (bicyclic) bond motifs is 1. The molecule has 3 heterocycles. The summed E-state index contributed by atoms with van der Waals surface area (Å²) < 4.78 is 28.0. The first-order valence-electron chi connectivity index (χ1n) is 14.4. The van der Waals surface area contributed by atoms with Gasteiger partial charge in [0, 0.05) is 61.9 Å². The molecule has 0 spiro atoms. The summed E-state index contributed by atoms with van der Waals surface area (Å²) in [5.41, 5.74) is 6.03. The van der Waals surface area contributed by atoms with E-state index in [1.54, 1.807) is 36.5 Å². The minimum atomic E-state index is -3.72. The van der Waals surface area contributed by atoms with Gasteiger partial charge in [0.05, 0.1) is 22.6 Å². The van der Waals surface area contributed by atoms with E-state index in [2.05, 4.69) is 47.2 Å². The van der Waals surface area contributed by atoms with Gasteiger partial charge in [0.15, 0.2) is 0 Å². The number of aliphatic hydroxyl groups is 2. The predicted octanol–water partition coefficient (Wildman–Crippen LogP) is 2.71. The molecule has 0 bridgehead atoms. The van der Waals surface area contributed by atoms with Crippen LogP contribution < -0.4 is 10.5 Å². The number of nitrogens with zero attached hydrogens (tertiary/aromatic N) is 3. The van der Waals surface area contributed by atoms with Crippen molar-refractivity contribution in [2.75, 3.05) is 26.2 Å². The van der Waals surface area contributed by atoms with Crippen LogP contribution in [0.2, 0.25) is 0 Å². The number of benzene rings is 1. The molecule has 2 saturated heterocycles. The van der Waals surface area contributed by atoms with Crippen LogP contribution in [0.4, 0.5) is 0 Å². The van der Waals surface area contributed by atoms with Crippen LogP contribution in [0, 0.1) is 0 Å². The number of aliphatic hydroxyl groups excluding tert-OH is 2. The van der Waals surface area contributed by atoms with E-state index in [0.717, 1.165) is 19.4 Å². The third kappa shape index (κ3) is 8.91. The molecule has 39 heavy (non-hydrogen) atoms. The number of nitrogens with two attached hydrogens (primary N) is 1. The minimum absolute atomic E-state index is 0.00504. The van der Waals surface area contributed by atoms with Crippen LogP contribution in [-0.2, 0) is 10.0 Å². The van der Waals surface area contributed by atoms with E-state index in [-0.39, 0.29) is 17.5 Å². The van der Waals surface area contributed by atoms with E-state index in [0.29, 0.717) is 48.2 Å². The van der Waals surface area contributed by atoms with E-state index in [4.69, 9.17) is 5.73 Å². The lowest BCUT2D eigenvalue weighted by Crippen LogP contribution is -2.49. The number of piperidine rings is 2. The number of rotatable bonds is 9. The van der Waals surface area contributed by atoms with Crippen molar-refractivity contribution in [3.63, 3.8) is 0 Å². The molecule has 0 amide bonds. The number of hydrogen-bond donors (Lipinski definition) is 4. The first kappa shape index (κ1) is 31.9. The fourth-order valence-electron chi connectivity index (χ4n) is 5.89. The van der Waals surface area contributed by atoms with Crippen LogP contribution in [0.25, 0.3) is 10.9 Å². The molecule has 10 heteroatoms. The second kappa shape index (κ2) is 14.8. The molecule has 4 rings (SSSR count). The Bertz CT molecular complexity index is 1110. The quantitative estimate of drug-likeness (QED) is 0.366. The Morgan fingerprint density at radius 2 is 1.44 bits per heavy atom. The van der Waals surface area contributed by atoms with Gasteiger partial charge in [-0.15, -0.1) is 0 Å². The van der Waals surface area contributed by atoms with Crippen molar-refractivity contribution < 1.29 is 18.6 Å². The Labute approximate surface area is 234 Å². The van der Waals surface area contributed by atoms with Crippen molar-refractivity contribution in [2.45, 2.75) is 107 Å². The smallest absolute Gasteiger partial charge is 0.241 e. The second-order valence-corrected chi connectivity index (χ2v) is 13.1. The lowest BCUT2D eigenvalue weighted by Gasteiger charge is -2.40. The topological polar surface area (TPSA) is 132 Å². The molecule has 1 aromatic carbocycles. The standard InChI is InChI=1S/C19H27N3O3S.C10H22N2O/c1-14-6-3-7-15(2)22(14)13-16(23)12-21-26(24,25)19-10-4-9-18-17(19)8-5-11-20-18;1-8-4-3-5-9(2)12(8)7-10(13)6-11/h4-5,8-11,14-16,21,23H,3,6-7,12-13H2,1-2H3;8-10,13H,3-7,11H2,1-2H3/t14-,15+,16-;8-,9+,10-/m00/s1. The summed E-state index contributed by atoms with van der Waals surface area (Å²) in [5, 5.41) is 20.4. The molecule has 0 unspecified atom stereocenters. The maximum atomic E-state index is 12.7. The molecule has 0 aliphatic carbocycles. The average Bonchev–Trinajstić information content (AvgIpc) is 2.92. The Morgan fingerprint density at radius 3 is 1.97 bits per heavy atom. The van der Waals surface area contributed by atoms with Gasteiger partial charge in [-0.05, 0) is 77.6 Å². The van der Waals surface area contributed by atoms with Crippen LogP contribution in [-0.4, -0.2) is 96.0 Å². The number of pyridine rings is 1. The monoisotopic (exact) mass is 563 g/mol. The molecule has 2 aromatic rings. The minimum Gasteiger partial charge on any atom is -0.390 e. The summed E-state index contributed by atoms with van der Waals surface area (Å²) in [7, 11) is -3.72. The van der Waals surface area contributed by atoms with E-state index < -0.39 is 16.1 Å². The van der Waals surface area contributed by atoms with Gasteiger partial charge in [0.2, 0.25) is 10.0 Å². The van der Waals surface area contributed by atoms with Gasteiger partial charge in [-0.25, -0.2) is 13.1 Å². The lowest BCUT2D eigenvalue weighted by molar-refractivity contribution is 0.0438. The zero-order chi connectivity index (χ0) is 28.6. The van der Waals surface area contributed by atoms with Gasteiger partial charge < -0.3 is 15.9 Å². The zero-order valence-corrected chi connectivity index (χ0v) is 24.9. The molecule has 2 fully saturated rings. The molecule has 9 nitrogen and oxygen atoms in total. The molecule has 0 radical (unpaired) electrons. The highest BCUT2D eigenvalue weighted by atomic mass is 32.2. The Morgan fingerprint density at radius 1 is 0.897 bits per heavy atom. The van der Waals surface area contributed by atoms with Crippen LogP contribution in [0.15, 0.2) is 41.4 Å². The number of hydrogen-bond acceptors (Lipinski definition) is 8. The van der Waals surface area contributed by atoms with Crippen LogP contribution >= 0.6 is 0 Å². The van der Waals surface area contributed by atoms with Gasteiger partial charge in [0.25, 0.3) is 0 Å². The van der Waals surface area contributed by atoms with Crippen molar-refractivity contribution in [1.29, 1.82) is 0 Å². The van der Waals surface area contributed by atoms with Gasteiger partial charge >= 0.3 is 0 Å². The Kier molecular flexibility index (Phi) is 12.1. The zero-order valence-electron chi connectivity index (χ0n) is 24.0. The molecular weight excluding hydrogens is 514 g/mol. The molecule has 2 aliphatic heterocycles. The Balaban J connectivity index is 0.000000272. The molecule has 2 aliphatic rings. The summed E-state index contributed by atoms with van der Waals surface area (Å²) in [6.07, 6.45) is 7.79. The second-order valence-electron chi connectivity index (χ2n) is 11.4. The molecule has 6 atom stereocenters. The summed E-state index contributed by atoms with van der Waals surface area (Å²) in [6, 6.07) is 10.5. The number of nitrogens with one attached hydrogen (secondary N) is 1. The number of β-amino-alcohol motifs (C(OH)–C–C–N with tert-alkyl or cyclic N) is 2. The van der Waals surface area contributed by atoms with Crippen molar-refractivity contribution in [3.05, 3.63) is 36.5 Å². The fourth-order valence-corrected chi connectivity index (χ4v) is 7.18. The van der Waals surface area contributed by atoms with Crippen molar-refractivity contribution in [1.82, 2.24) is 19.5 Å². The first-order valence-corrected chi connectivity index (χ1v) is 15.9. The first-order chi connectivity index (χ1) is 18.5. The number of likely N-dealkylation sites (tertiary alicyclic amines) is 2. The highest BCUT2D eigenvalue weighted by Crippen LogP contribution is 2.24. The van der Waals surface area contributed by atoms with E-state index in [1.807, 2.05) is 0 Å².